The predicted octanol–water partition coefficient (Wildman–Crippen LogP) is -3.71. The normalized spacial score (nSPS) is 10.7. The molecule has 154 valence electrons. The molecule has 1 N–H and O–H groups in total. The zero-order valence-electron chi connectivity index (χ0n) is 18.7. The van der Waals surface area contributed by atoms with E-state index in [0.717, 1.165) is 25.3 Å². The monoisotopic (exact) mass is 465 g/mol. The van der Waals surface area contributed by atoms with Gasteiger partial charge in [-0.3, -0.25) is 4.79 Å². The molecule has 0 spiro atoms. The van der Waals surface area contributed by atoms with Gasteiger partial charge in [-0.1, -0.05) is 70.9 Å². The molecule has 0 aliphatic heterocycles. The van der Waals surface area contributed by atoms with E-state index in [-0.39, 0.29) is 115 Å². The van der Waals surface area contributed by atoms with Gasteiger partial charge in [0.1, 0.15) is 0 Å². The van der Waals surface area contributed by atoms with Gasteiger partial charge in [-0.2, -0.15) is 0 Å². The van der Waals surface area contributed by atoms with Crippen LogP contribution < -0.4 is 118 Å². The Morgan fingerprint density at radius 1 is 0.900 bits per heavy atom. The summed E-state index contributed by atoms with van der Waals surface area (Å²) in [6.07, 6.45) is 10.2. The number of anilines is 1. The summed E-state index contributed by atoms with van der Waals surface area (Å²) in [5.74, 6) is -3.79. The molecule has 1 unspecified atom stereocenters. The molecule has 0 radical (unpaired) electrons. The molecule has 0 bridgehead atoms. The van der Waals surface area contributed by atoms with Crippen LogP contribution in [0.1, 0.15) is 70.8 Å². The number of amides is 1. The molecule has 0 heterocycles. The molecule has 1 aromatic carbocycles. The molecule has 1 rings (SSSR count). The van der Waals surface area contributed by atoms with Crippen LogP contribution in [0, 0.1) is 5.92 Å². The number of unbranched alkanes of at least 4 members (excludes halogenated alkanes) is 6. The van der Waals surface area contributed by atoms with Gasteiger partial charge in [0.2, 0.25) is 5.91 Å². The van der Waals surface area contributed by atoms with Gasteiger partial charge in [0.05, 0.1) is 11.9 Å². The third kappa shape index (κ3) is 13.9. The Labute approximate surface area is 264 Å². The van der Waals surface area contributed by atoms with E-state index in [1.165, 1.54) is 44.2 Å². The number of carbonyl (C=O) groups excluding carboxylic acids is 3. The Bertz CT molecular complexity index is 673. The maximum Gasteiger partial charge on any atom is 1.00 e. The van der Waals surface area contributed by atoms with Crippen molar-refractivity contribution in [1.29, 1.82) is 0 Å². The van der Waals surface area contributed by atoms with Gasteiger partial charge in [-0.15, -0.1) is 0 Å². The number of hydrogen-bond donors (Lipinski definition) is 1. The molecule has 1 aromatic rings. The number of hydrogen-bond acceptors (Lipinski definition) is 5. The largest absolute Gasteiger partial charge is 1.00 e. The number of carbonyl (C=O) groups is 3. The van der Waals surface area contributed by atoms with Gasteiger partial charge < -0.3 is 25.1 Å². The molecule has 6 nitrogen and oxygen atoms in total. The van der Waals surface area contributed by atoms with Crippen LogP contribution in [0.15, 0.2) is 29.8 Å². The molecule has 8 heteroatoms. The van der Waals surface area contributed by atoms with Gasteiger partial charge in [0.15, 0.2) is 0 Å². The molecular formula is C22H29K2NO5. The van der Waals surface area contributed by atoms with Gasteiger partial charge in [0, 0.05) is 17.2 Å². The summed E-state index contributed by atoms with van der Waals surface area (Å²) < 4.78 is 0. The molecule has 0 saturated heterocycles. The Hall–Kier alpha value is 0.643. The van der Waals surface area contributed by atoms with Crippen molar-refractivity contribution < 1.29 is 127 Å². The Morgan fingerprint density at radius 2 is 1.40 bits per heavy atom. The van der Waals surface area contributed by atoms with Crippen LogP contribution in [0.25, 0.3) is 6.08 Å². The summed E-state index contributed by atoms with van der Waals surface area (Å²) in [4.78, 5) is 33.8. The molecule has 0 aliphatic rings. The van der Waals surface area contributed by atoms with Gasteiger partial charge in [-0.25, -0.2) is 0 Å². The van der Waals surface area contributed by atoms with Crippen LogP contribution in [0.3, 0.4) is 0 Å². The number of nitrogens with one attached hydrogen (secondary N) is 1. The van der Waals surface area contributed by atoms with Crippen molar-refractivity contribution in [1.82, 2.24) is 0 Å². The predicted molar refractivity (Wildman–Crippen MR) is 105 cm³/mol. The van der Waals surface area contributed by atoms with E-state index in [1.807, 2.05) is 6.92 Å². The van der Waals surface area contributed by atoms with E-state index >= 15 is 0 Å². The summed E-state index contributed by atoms with van der Waals surface area (Å²) in [6, 6.07) is 6.21. The second-order valence-corrected chi connectivity index (χ2v) is 7.06. The molecule has 0 aromatic heterocycles. The fraction of sp³-hybridized carbons (Fsp3) is 0.500. The fourth-order valence-electron chi connectivity index (χ4n) is 2.83. The molecular weight excluding hydrogens is 436 g/mol. The number of benzene rings is 1. The van der Waals surface area contributed by atoms with Crippen LogP contribution in [0.2, 0.25) is 0 Å². The van der Waals surface area contributed by atoms with E-state index in [9.17, 15) is 24.6 Å². The minimum atomic E-state index is -1.81. The van der Waals surface area contributed by atoms with Gasteiger partial charge in [0.25, 0.3) is 0 Å². The first-order valence-corrected chi connectivity index (χ1v) is 9.90. The number of aliphatic carboxylic acids is 2. The van der Waals surface area contributed by atoms with Crippen molar-refractivity contribution in [3.8, 4) is 0 Å². The molecule has 0 saturated carbocycles. The third-order valence-electron chi connectivity index (χ3n) is 4.62. The van der Waals surface area contributed by atoms with Crippen molar-refractivity contribution in [2.24, 2.45) is 5.92 Å². The topological polar surface area (TPSA) is 109 Å². The third-order valence-corrected chi connectivity index (χ3v) is 4.62. The first-order chi connectivity index (χ1) is 13.3. The maximum atomic E-state index is 12.3. The Morgan fingerprint density at radius 3 is 1.90 bits per heavy atom. The zero-order valence-corrected chi connectivity index (χ0v) is 24.9. The summed E-state index contributed by atoms with van der Waals surface area (Å²) in [7, 11) is 0. The average Bonchev–Trinajstić information content (AvgIpc) is 2.65. The smallest absolute Gasteiger partial charge is 0.545 e. The zero-order chi connectivity index (χ0) is 20.9. The minimum Gasteiger partial charge on any atom is -0.545 e. The molecule has 1 amide bonds. The van der Waals surface area contributed by atoms with Crippen LogP contribution in [0.5, 0.6) is 0 Å². The number of rotatable bonds is 13. The van der Waals surface area contributed by atoms with Crippen LogP contribution in [-0.4, -0.2) is 17.8 Å². The van der Waals surface area contributed by atoms with Crippen molar-refractivity contribution in [2.45, 2.75) is 65.2 Å². The van der Waals surface area contributed by atoms with Crippen LogP contribution >= 0.6 is 0 Å². The SMILES string of the molecule is CCCCCCCCCC(C)C(=O)Nc1ccc(C=C(C(=O)[O-])C(=O)[O-])cc1.[K+].[K+]. The first kappa shape index (κ1) is 32.8. The summed E-state index contributed by atoms with van der Waals surface area (Å²) in [6.45, 7) is 4.10. The fourth-order valence-corrected chi connectivity index (χ4v) is 2.83. The minimum absolute atomic E-state index is 0. The van der Waals surface area contributed by atoms with E-state index < -0.39 is 17.5 Å². The Balaban J connectivity index is 0. The first-order valence-electron chi connectivity index (χ1n) is 9.90. The second-order valence-electron chi connectivity index (χ2n) is 7.06. The van der Waals surface area contributed by atoms with Gasteiger partial charge >= 0.3 is 103 Å². The molecule has 0 aliphatic carbocycles. The van der Waals surface area contributed by atoms with Gasteiger partial charge in [-0.05, 0) is 30.2 Å². The van der Waals surface area contributed by atoms with E-state index in [4.69, 9.17) is 0 Å². The maximum absolute atomic E-state index is 12.3. The van der Waals surface area contributed by atoms with E-state index in [2.05, 4.69) is 12.2 Å². The van der Waals surface area contributed by atoms with Crippen LogP contribution in [0.4, 0.5) is 5.69 Å². The van der Waals surface area contributed by atoms with Crippen molar-refractivity contribution in [2.75, 3.05) is 5.32 Å². The van der Waals surface area contributed by atoms with E-state index in [0.29, 0.717) is 11.3 Å². The number of carboxylic acids is 2. The molecule has 1 atom stereocenters. The number of carboxylic acid groups (broad SMARTS) is 2. The van der Waals surface area contributed by atoms with Crippen molar-refractivity contribution >= 4 is 29.6 Å². The molecule has 0 fully saturated rings. The summed E-state index contributed by atoms with van der Waals surface area (Å²) in [5.41, 5.74) is -0.00496. The quantitative estimate of drug-likeness (QED) is 0.106. The molecule has 30 heavy (non-hydrogen) atoms. The van der Waals surface area contributed by atoms with Crippen LogP contribution in [-0.2, 0) is 14.4 Å². The average molecular weight is 466 g/mol. The summed E-state index contributed by atoms with van der Waals surface area (Å²) >= 11 is 0. The standard InChI is InChI=1S/C22H31NO5.2K/c1-3-4-5-6-7-8-9-10-16(2)20(24)23-18-13-11-17(12-14-18)15-19(21(25)26)22(27)28;;/h11-16H,3-10H2,1-2H3,(H,23,24)(H,25,26)(H,27,28);;/q;2*+1/p-2. The Kier molecular flexibility index (Phi) is 20.9. The van der Waals surface area contributed by atoms with Crippen molar-refractivity contribution in [3.05, 3.63) is 35.4 Å². The van der Waals surface area contributed by atoms with Crippen molar-refractivity contribution in [3.63, 3.8) is 0 Å². The van der Waals surface area contributed by atoms with E-state index in [1.54, 1.807) is 12.1 Å². The summed E-state index contributed by atoms with van der Waals surface area (Å²) in [5, 5.41) is 24.3. The second kappa shape index (κ2) is 19.1.